The van der Waals surface area contributed by atoms with Crippen LogP contribution in [0.4, 0.5) is 5.13 Å². The van der Waals surface area contributed by atoms with E-state index in [1.165, 1.54) is 0 Å². The van der Waals surface area contributed by atoms with Crippen molar-refractivity contribution >= 4 is 28.3 Å². The van der Waals surface area contributed by atoms with Crippen molar-refractivity contribution in [2.75, 3.05) is 18.8 Å². The van der Waals surface area contributed by atoms with Crippen molar-refractivity contribution in [3.05, 3.63) is 10.6 Å². The minimum atomic E-state index is -0.849. The quantitative estimate of drug-likeness (QED) is 0.828. The molecule has 2 heterocycles. The number of carbonyl (C=O) groups excluding carboxylic acids is 1. The molecular weight excluding hydrogens is 254 g/mol. The molecule has 1 amide bonds. The van der Waals surface area contributed by atoms with E-state index in [2.05, 4.69) is 4.98 Å². The number of carbonyl (C=O) groups is 2. The molecule has 0 unspecified atom stereocenters. The molecule has 0 aliphatic carbocycles. The highest BCUT2D eigenvalue weighted by molar-refractivity contribution is 7.17. The summed E-state index contributed by atoms with van der Waals surface area (Å²) < 4.78 is 0. The van der Waals surface area contributed by atoms with Crippen molar-refractivity contribution in [1.82, 2.24) is 9.88 Å². The number of anilines is 1. The topological polar surface area (TPSA) is 96.5 Å². The summed E-state index contributed by atoms with van der Waals surface area (Å²) in [5.41, 5.74) is 6.17. The van der Waals surface area contributed by atoms with Crippen LogP contribution >= 0.6 is 11.3 Å². The van der Waals surface area contributed by atoms with E-state index in [4.69, 9.17) is 10.8 Å². The molecule has 7 heteroatoms. The van der Waals surface area contributed by atoms with Crippen LogP contribution in [0.2, 0.25) is 0 Å². The summed E-state index contributed by atoms with van der Waals surface area (Å²) in [7, 11) is 0. The first-order chi connectivity index (χ1) is 8.40. The van der Waals surface area contributed by atoms with Gasteiger partial charge in [-0.25, -0.2) is 4.98 Å². The van der Waals surface area contributed by atoms with Gasteiger partial charge in [0.2, 0.25) is 0 Å². The summed E-state index contributed by atoms with van der Waals surface area (Å²) in [5, 5.41) is 9.40. The average molecular weight is 269 g/mol. The second-order valence-electron chi connectivity index (χ2n) is 4.60. The molecule has 1 aromatic rings. The molecule has 18 heavy (non-hydrogen) atoms. The fraction of sp³-hybridized carbons (Fsp3) is 0.545. The van der Waals surface area contributed by atoms with E-state index >= 15 is 0 Å². The molecule has 3 N–H and O–H groups in total. The maximum absolute atomic E-state index is 12.2. The van der Waals surface area contributed by atoms with Gasteiger partial charge in [0.15, 0.2) is 5.13 Å². The number of aromatic nitrogens is 1. The minimum absolute atomic E-state index is 0.0305. The van der Waals surface area contributed by atoms with Crippen LogP contribution in [0, 0.1) is 18.8 Å². The Hall–Kier alpha value is -1.63. The minimum Gasteiger partial charge on any atom is -0.481 e. The molecule has 98 valence electrons. The lowest BCUT2D eigenvalue weighted by atomic mass is 9.99. The number of likely N-dealkylation sites (tertiary alicyclic amines) is 1. The molecule has 2 rings (SSSR count). The van der Waals surface area contributed by atoms with Gasteiger partial charge in [0, 0.05) is 13.1 Å². The van der Waals surface area contributed by atoms with Gasteiger partial charge in [-0.2, -0.15) is 0 Å². The number of carboxylic acid groups (broad SMARTS) is 1. The van der Waals surface area contributed by atoms with E-state index in [0.717, 1.165) is 11.3 Å². The van der Waals surface area contributed by atoms with Crippen LogP contribution in [-0.4, -0.2) is 40.0 Å². The fourth-order valence-corrected chi connectivity index (χ4v) is 3.01. The largest absolute Gasteiger partial charge is 0.481 e. The number of nitrogens with zero attached hydrogens (tertiary/aromatic N) is 2. The summed E-state index contributed by atoms with van der Waals surface area (Å²) >= 11 is 1.15. The number of aliphatic carboxylic acids is 1. The number of nitrogen functional groups attached to an aromatic ring is 1. The lowest BCUT2D eigenvalue weighted by Crippen LogP contribution is -2.29. The number of hydrogen-bond acceptors (Lipinski definition) is 5. The van der Waals surface area contributed by atoms with E-state index < -0.39 is 11.9 Å². The van der Waals surface area contributed by atoms with E-state index in [1.807, 2.05) is 6.92 Å². The van der Waals surface area contributed by atoms with E-state index in [0.29, 0.717) is 22.2 Å². The maximum atomic E-state index is 12.2. The molecule has 1 aliphatic rings. The van der Waals surface area contributed by atoms with Gasteiger partial charge in [0.25, 0.3) is 5.91 Å². The molecule has 1 saturated heterocycles. The standard InChI is InChI=1S/C11H15N3O3S/c1-5-3-14(4-7(5)10(16)17)9(15)8-6(2)13-11(12)18-8/h5,7H,3-4H2,1-2H3,(H2,12,13)(H,16,17)/t5-,7-/m1/s1. The van der Waals surface area contributed by atoms with Gasteiger partial charge in [-0.05, 0) is 12.8 Å². The zero-order chi connectivity index (χ0) is 13.4. The molecule has 0 saturated carbocycles. The first kappa shape index (κ1) is 12.8. The molecule has 0 bridgehead atoms. The Balaban J connectivity index is 2.17. The maximum Gasteiger partial charge on any atom is 0.308 e. The number of rotatable bonds is 2. The fourth-order valence-electron chi connectivity index (χ4n) is 2.21. The zero-order valence-corrected chi connectivity index (χ0v) is 11.0. The van der Waals surface area contributed by atoms with Gasteiger partial charge in [0.1, 0.15) is 4.88 Å². The van der Waals surface area contributed by atoms with Crippen LogP contribution in [-0.2, 0) is 4.79 Å². The monoisotopic (exact) mass is 269 g/mol. The molecule has 1 fully saturated rings. The van der Waals surface area contributed by atoms with Crippen molar-refractivity contribution in [3.8, 4) is 0 Å². The Labute approximate surface area is 108 Å². The molecular formula is C11H15N3O3S. The lowest BCUT2D eigenvalue weighted by Gasteiger charge is -2.14. The number of thiazole rings is 1. The highest BCUT2D eigenvalue weighted by Gasteiger charge is 2.38. The molecule has 0 radical (unpaired) electrons. The zero-order valence-electron chi connectivity index (χ0n) is 10.2. The van der Waals surface area contributed by atoms with Crippen molar-refractivity contribution < 1.29 is 14.7 Å². The summed E-state index contributed by atoms with van der Waals surface area (Å²) in [4.78, 5) is 29.3. The third kappa shape index (κ3) is 2.17. The molecule has 6 nitrogen and oxygen atoms in total. The van der Waals surface area contributed by atoms with Crippen LogP contribution in [0.15, 0.2) is 0 Å². The summed E-state index contributed by atoms with van der Waals surface area (Å²) in [6.45, 7) is 4.30. The number of aryl methyl sites for hydroxylation is 1. The van der Waals surface area contributed by atoms with E-state index in [-0.39, 0.29) is 18.4 Å². The summed E-state index contributed by atoms with van der Waals surface area (Å²) in [5.74, 6) is -1.54. The molecule has 1 aromatic heterocycles. The van der Waals surface area contributed by atoms with Crippen LogP contribution in [0.25, 0.3) is 0 Å². The van der Waals surface area contributed by atoms with Gasteiger partial charge in [-0.1, -0.05) is 18.3 Å². The molecule has 0 spiro atoms. The Morgan fingerprint density at radius 1 is 1.50 bits per heavy atom. The molecule has 1 aliphatic heterocycles. The Morgan fingerprint density at radius 2 is 2.17 bits per heavy atom. The highest BCUT2D eigenvalue weighted by Crippen LogP contribution is 2.28. The lowest BCUT2D eigenvalue weighted by molar-refractivity contribution is -0.142. The first-order valence-corrected chi connectivity index (χ1v) is 6.46. The smallest absolute Gasteiger partial charge is 0.308 e. The summed E-state index contributed by atoms with van der Waals surface area (Å²) in [6.07, 6.45) is 0. The third-order valence-corrected chi connectivity index (χ3v) is 4.20. The number of hydrogen-bond donors (Lipinski definition) is 2. The SMILES string of the molecule is Cc1nc(N)sc1C(=O)N1C[C@@H](C)[C@H](C(=O)O)C1. The summed E-state index contributed by atoms with van der Waals surface area (Å²) in [6, 6.07) is 0. The van der Waals surface area contributed by atoms with Gasteiger partial charge in [-0.15, -0.1) is 0 Å². The second kappa shape index (κ2) is 4.56. The Morgan fingerprint density at radius 3 is 2.61 bits per heavy atom. The number of nitrogens with two attached hydrogens (primary N) is 1. The van der Waals surface area contributed by atoms with Crippen LogP contribution < -0.4 is 5.73 Å². The third-order valence-electron chi connectivity index (χ3n) is 3.22. The van der Waals surface area contributed by atoms with Crippen molar-refractivity contribution in [1.29, 1.82) is 0 Å². The van der Waals surface area contributed by atoms with Crippen LogP contribution in [0.1, 0.15) is 22.3 Å². The predicted octanol–water partition coefficient (Wildman–Crippen LogP) is 0.826. The molecule has 0 aromatic carbocycles. The second-order valence-corrected chi connectivity index (χ2v) is 5.63. The van der Waals surface area contributed by atoms with Crippen LogP contribution in [0.5, 0.6) is 0 Å². The van der Waals surface area contributed by atoms with Crippen molar-refractivity contribution in [3.63, 3.8) is 0 Å². The Bertz CT molecular complexity index is 500. The number of amides is 1. The Kier molecular flexibility index (Phi) is 3.25. The van der Waals surface area contributed by atoms with Gasteiger partial charge >= 0.3 is 5.97 Å². The molecule has 2 atom stereocenters. The van der Waals surface area contributed by atoms with Crippen LogP contribution in [0.3, 0.4) is 0 Å². The van der Waals surface area contributed by atoms with Crippen molar-refractivity contribution in [2.24, 2.45) is 11.8 Å². The number of carboxylic acids is 1. The average Bonchev–Trinajstić information content (AvgIpc) is 2.81. The van der Waals surface area contributed by atoms with Crippen molar-refractivity contribution in [2.45, 2.75) is 13.8 Å². The predicted molar refractivity (Wildman–Crippen MR) is 67.5 cm³/mol. The highest BCUT2D eigenvalue weighted by atomic mass is 32.1. The first-order valence-electron chi connectivity index (χ1n) is 5.65. The van der Waals surface area contributed by atoms with Gasteiger partial charge in [-0.3, -0.25) is 9.59 Å². The van der Waals surface area contributed by atoms with E-state index in [1.54, 1.807) is 11.8 Å². The normalized spacial score (nSPS) is 23.3. The van der Waals surface area contributed by atoms with Gasteiger partial charge in [0.05, 0.1) is 11.6 Å². The van der Waals surface area contributed by atoms with Gasteiger partial charge < -0.3 is 15.7 Å². The van der Waals surface area contributed by atoms with E-state index in [9.17, 15) is 9.59 Å².